The number of hydrogen-bond donors (Lipinski definition) is 1. The predicted molar refractivity (Wildman–Crippen MR) is 63.0 cm³/mol. The first-order valence-electron chi connectivity index (χ1n) is 5.63. The molecule has 0 aromatic carbocycles. The lowest BCUT2D eigenvalue weighted by molar-refractivity contribution is 0.489. The summed E-state index contributed by atoms with van der Waals surface area (Å²) in [7, 11) is 0. The highest BCUT2D eigenvalue weighted by molar-refractivity contribution is 4.98. The molecule has 2 aromatic rings. The Hall–Kier alpha value is -1.82. The minimum absolute atomic E-state index is 0.325. The van der Waals surface area contributed by atoms with Gasteiger partial charge in [-0.1, -0.05) is 0 Å². The first-order chi connectivity index (χ1) is 8.27. The predicted octanol–water partition coefficient (Wildman–Crippen LogP) is 0.939. The number of nitrogens with one attached hydrogen (secondary N) is 1. The molecule has 1 N–H and O–H groups in total. The summed E-state index contributed by atoms with van der Waals surface area (Å²) in [4.78, 5) is 4.22. The molecular formula is C11H16N6. The van der Waals surface area contributed by atoms with Gasteiger partial charge in [0.2, 0.25) is 0 Å². The van der Waals surface area contributed by atoms with E-state index >= 15 is 0 Å². The molecule has 2 aromatic heterocycles. The molecule has 0 atom stereocenters. The lowest BCUT2D eigenvalue weighted by atomic mass is 10.3. The molecule has 0 saturated carbocycles. The fourth-order valence-corrected chi connectivity index (χ4v) is 1.56. The Bertz CT molecular complexity index is 450. The highest BCUT2D eigenvalue weighted by Crippen LogP contribution is 2.04. The van der Waals surface area contributed by atoms with Crippen LogP contribution in [-0.2, 0) is 13.1 Å². The molecule has 90 valence electrons. The highest BCUT2D eigenvalue weighted by Gasteiger charge is 2.06. The maximum atomic E-state index is 4.22. The molecule has 0 aliphatic rings. The second kappa shape index (κ2) is 5.49. The van der Waals surface area contributed by atoms with Crippen LogP contribution in [0.4, 0.5) is 0 Å². The first kappa shape index (κ1) is 11.7. The third-order valence-electron chi connectivity index (χ3n) is 2.35. The largest absolute Gasteiger partial charge is 0.304 e. The van der Waals surface area contributed by atoms with Crippen LogP contribution in [0, 0.1) is 0 Å². The Morgan fingerprint density at radius 3 is 2.94 bits per heavy atom. The summed E-state index contributed by atoms with van der Waals surface area (Å²) in [5.41, 5.74) is 0.920. The van der Waals surface area contributed by atoms with Crippen molar-refractivity contribution in [1.82, 2.24) is 30.3 Å². The first-order valence-corrected chi connectivity index (χ1v) is 5.63. The van der Waals surface area contributed by atoms with E-state index in [4.69, 9.17) is 0 Å². The van der Waals surface area contributed by atoms with Gasteiger partial charge in [-0.3, -0.25) is 0 Å². The van der Waals surface area contributed by atoms with Gasteiger partial charge in [-0.2, -0.15) is 15.3 Å². The van der Waals surface area contributed by atoms with Crippen molar-refractivity contribution in [2.24, 2.45) is 0 Å². The second-order valence-corrected chi connectivity index (χ2v) is 4.03. The molecular weight excluding hydrogens is 216 g/mol. The van der Waals surface area contributed by atoms with Gasteiger partial charge in [-0.05, 0) is 26.0 Å². The van der Waals surface area contributed by atoms with E-state index in [1.807, 2.05) is 16.8 Å². The van der Waals surface area contributed by atoms with Crippen LogP contribution >= 0.6 is 0 Å². The maximum absolute atomic E-state index is 4.22. The molecule has 6 nitrogen and oxygen atoms in total. The standard InChI is InChI=1S/C11H16N6/c1-9(2)17-11(13-8-15-17)7-12-6-10-4-3-5-14-16-10/h3-5,8-9,12H,6-7H2,1-2H3. The van der Waals surface area contributed by atoms with Crippen molar-refractivity contribution in [3.8, 4) is 0 Å². The highest BCUT2D eigenvalue weighted by atomic mass is 15.4. The van der Waals surface area contributed by atoms with E-state index in [2.05, 4.69) is 39.4 Å². The third kappa shape index (κ3) is 3.07. The molecule has 0 aliphatic heterocycles. The van der Waals surface area contributed by atoms with E-state index in [9.17, 15) is 0 Å². The molecule has 17 heavy (non-hydrogen) atoms. The van der Waals surface area contributed by atoms with E-state index < -0.39 is 0 Å². The quantitative estimate of drug-likeness (QED) is 0.830. The van der Waals surface area contributed by atoms with Gasteiger partial charge in [0.15, 0.2) is 0 Å². The topological polar surface area (TPSA) is 68.5 Å². The Balaban J connectivity index is 1.88. The molecule has 2 heterocycles. The van der Waals surface area contributed by atoms with Crippen molar-refractivity contribution < 1.29 is 0 Å². The summed E-state index contributed by atoms with van der Waals surface area (Å²) < 4.78 is 1.91. The Labute approximate surface area is 100 Å². The molecule has 0 bridgehead atoms. The molecule has 2 rings (SSSR count). The van der Waals surface area contributed by atoms with Crippen molar-refractivity contribution in [3.05, 3.63) is 36.2 Å². The van der Waals surface area contributed by atoms with Crippen molar-refractivity contribution in [1.29, 1.82) is 0 Å². The van der Waals surface area contributed by atoms with Crippen LogP contribution in [0.25, 0.3) is 0 Å². The summed E-state index contributed by atoms with van der Waals surface area (Å²) >= 11 is 0. The van der Waals surface area contributed by atoms with Crippen molar-refractivity contribution in [2.45, 2.75) is 33.0 Å². The van der Waals surface area contributed by atoms with E-state index in [-0.39, 0.29) is 0 Å². The Morgan fingerprint density at radius 2 is 2.24 bits per heavy atom. The number of aromatic nitrogens is 5. The zero-order valence-electron chi connectivity index (χ0n) is 10.0. The van der Waals surface area contributed by atoms with Crippen molar-refractivity contribution >= 4 is 0 Å². The fraction of sp³-hybridized carbons (Fsp3) is 0.455. The number of hydrogen-bond acceptors (Lipinski definition) is 5. The molecule has 0 unspecified atom stereocenters. The maximum Gasteiger partial charge on any atom is 0.141 e. The van der Waals surface area contributed by atoms with Crippen LogP contribution in [0.15, 0.2) is 24.7 Å². The summed E-state index contributed by atoms with van der Waals surface area (Å²) in [5, 5.41) is 15.3. The molecule has 0 spiro atoms. The minimum atomic E-state index is 0.325. The number of nitrogens with zero attached hydrogens (tertiary/aromatic N) is 5. The van der Waals surface area contributed by atoms with Crippen LogP contribution in [0.5, 0.6) is 0 Å². The lowest BCUT2D eigenvalue weighted by Crippen LogP contribution is -2.18. The third-order valence-corrected chi connectivity index (χ3v) is 2.35. The molecule has 0 radical (unpaired) electrons. The van der Waals surface area contributed by atoms with Gasteiger partial charge in [0.05, 0.1) is 12.2 Å². The molecule has 6 heteroatoms. The van der Waals surface area contributed by atoms with E-state index in [1.165, 1.54) is 0 Å². The zero-order chi connectivity index (χ0) is 12.1. The van der Waals surface area contributed by atoms with E-state index in [0.29, 0.717) is 19.1 Å². The summed E-state index contributed by atoms with van der Waals surface area (Å²) in [6, 6.07) is 4.14. The van der Waals surface area contributed by atoms with Crippen molar-refractivity contribution in [2.75, 3.05) is 0 Å². The monoisotopic (exact) mass is 232 g/mol. The van der Waals surface area contributed by atoms with Crippen LogP contribution in [-0.4, -0.2) is 25.0 Å². The molecule has 0 saturated heterocycles. The molecule has 0 aliphatic carbocycles. The smallest absolute Gasteiger partial charge is 0.141 e. The van der Waals surface area contributed by atoms with Crippen molar-refractivity contribution in [3.63, 3.8) is 0 Å². The van der Waals surface area contributed by atoms with Gasteiger partial charge in [0, 0.05) is 18.8 Å². The van der Waals surface area contributed by atoms with Crippen LogP contribution in [0.1, 0.15) is 31.4 Å². The normalized spacial score (nSPS) is 11.0. The molecule has 0 fully saturated rings. The summed E-state index contributed by atoms with van der Waals surface area (Å²) in [6.45, 7) is 5.52. The lowest BCUT2D eigenvalue weighted by Gasteiger charge is -2.09. The fourth-order valence-electron chi connectivity index (χ4n) is 1.56. The van der Waals surface area contributed by atoms with Gasteiger partial charge in [0.25, 0.3) is 0 Å². The van der Waals surface area contributed by atoms with Gasteiger partial charge in [-0.15, -0.1) is 0 Å². The van der Waals surface area contributed by atoms with Gasteiger partial charge >= 0.3 is 0 Å². The van der Waals surface area contributed by atoms with E-state index in [1.54, 1.807) is 12.5 Å². The second-order valence-electron chi connectivity index (χ2n) is 4.03. The Kier molecular flexibility index (Phi) is 3.77. The van der Waals surface area contributed by atoms with Crippen LogP contribution in [0.2, 0.25) is 0 Å². The van der Waals surface area contributed by atoms with Gasteiger partial charge < -0.3 is 5.32 Å². The zero-order valence-corrected chi connectivity index (χ0v) is 10.0. The number of rotatable bonds is 5. The SMILES string of the molecule is CC(C)n1ncnc1CNCc1cccnn1. The van der Waals surface area contributed by atoms with E-state index in [0.717, 1.165) is 11.5 Å². The van der Waals surface area contributed by atoms with Crippen LogP contribution in [0.3, 0.4) is 0 Å². The van der Waals surface area contributed by atoms with Gasteiger partial charge in [-0.25, -0.2) is 9.67 Å². The van der Waals surface area contributed by atoms with Crippen LogP contribution < -0.4 is 5.32 Å². The Morgan fingerprint density at radius 1 is 1.35 bits per heavy atom. The van der Waals surface area contributed by atoms with Gasteiger partial charge in [0.1, 0.15) is 12.2 Å². The summed E-state index contributed by atoms with van der Waals surface area (Å²) in [6.07, 6.45) is 3.25. The summed E-state index contributed by atoms with van der Waals surface area (Å²) in [5.74, 6) is 0.934. The average molecular weight is 232 g/mol. The molecule has 0 amide bonds. The average Bonchev–Trinajstić information content (AvgIpc) is 2.79. The minimum Gasteiger partial charge on any atom is -0.304 e.